The van der Waals surface area contributed by atoms with E-state index in [1.807, 2.05) is 31.8 Å². The Balaban J connectivity index is 0.000000281. The van der Waals surface area contributed by atoms with Gasteiger partial charge in [0.2, 0.25) is 0 Å². The van der Waals surface area contributed by atoms with Crippen molar-refractivity contribution in [1.82, 2.24) is 15.1 Å². The third-order valence-corrected chi connectivity index (χ3v) is 1.76. The first-order valence-electron chi connectivity index (χ1n) is 4.08. The van der Waals surface area contributed by atoms with E-state index in [0.717, 1.165) is 13.1 Å². The molecule has 0 saturated heterocycles. The molecule has 1 aliphatic rings. The molecule has 1 aromatic rings. The number of nitrogens with one attached hydrogen (secondary N) is 1. The van der Waals surface area contributed by atoms with Gasteiger partial charge in [-0.25, -0.2) is 0 Å². The van der Waals surface area contributed by atoms with Crippen LogP contribution in [0.1, 0.15) is 25.1 Å². The van der Waals surface area contributed by atoms with Crippen molar-refractivity contribution in [1.29, 1.82) is 0 Å². The molecule has 0 saturated carbocycles. The number of aromatic nitrogens is 2. The lowest BCUT2D eigenvalue weighted by Gasteiger charge is -1.92. The van der Waals surface area contributed by atoms with Crippen molar-refractivity contribution in [2.75, 3.05) is 0 Å². The molecule has 0 spiro atoms. The molecule has 0 unspecified atom stereocenters. The lowest BCUT2D eigenvalue weighted by Crippen LogP contribution is -2.05. The minimum Gasteiger partial charge on any atom is -0.307 e. The van der Waals surface area contributed by atoms with Crippen LogP contribution < -0.4 is 5.32 Å². The quantitative estimate of drug-likeness (QED) is 0.603. The van der Waals surface area contributed by atoms with E-state index < -0.39 is 0 Å². The number of aryl methyl sites for hydroxylation is 1. The number of hydrogen-bond acceptors (Lipinski definition) is 2. The fourth-order valence-electron chi connectivity index (χ4n) is 1.20. The Morgan fingerprint density at radius 2 is 2.18 bits per heavy atom. The molecule has 0 amide bonds. The molecule has 0 aliphatic carbocycles. The van der Waals surface area contributed by atoms with Crippen LogP contribution in [0.15, 0.2) is 6.20 Å². The van der Waals surface area contributed by atoms with Crippen LogP contribution in [0.5, 0.6) is 0 Å². The van der Waals surface area contributed by atoms with Gasteiger partial charge in [-0.2, -0.15) is 5.10 Å². The molecule has 3 heteroatoms. The maximum Gasteiger partial charge on any atom is 0.0563 e. The Kier molecular flexibility index (Phi) is 2.65. The van der Waals surface area contributed by atoms with E-state index in [1.165, 1.54) is 11.3 Å². The number of nitrogens with zero attached hydrogens (tertiary/aromatic N) is 2. The van der Waals surface area contributed by atoms with Gasteiger partial charge in [0, 0.05) is 25.7 Å². The molecule has 0 atom stereocenters. The molecular weight excluding hydrogens is 138 g/mol. The van der Waals surface area contributed by atoms with Gasteiger partial charge in [0.05, 0.1) is 11.9 Å². The predicted octanol–water partition coefficient (Wildman–Crippen LogP) is 1.05. The topological polar surface area (TPSA) is 29.9 Å². The highest BCUT2D eigenvalue weighted by molar-refractivity contribution is 5.20. The first kappa shape index (κ1) is 8.27. The van der Waals surface area contributed by atoms with E-state index in [1.54, 1.807) is 0 Å². The molecule has 3 nitrogen and oxygen atoms in total. The molecule has 1 aromatic heterocycles. The van der Waals surface area contributed by atoms with Crippen molar-refractivity contribution < 1.29 is 0 Å². The van der Waals surface area contributed by atoms with Crippen molar-refractivity contribution in [2.45, 2.75) is 26.9 Å². The van der Waals surface area contributed by atoms with E-state index >= 15 is 0 Å². The van der Waals surface area contributed by atoms with Gasteiger partial charge in [0.25, 0.3) is 0 Å². The van der Waals surface area contributed by atoms with E-state index in [9.17, 15) is 0 Å². The van der Waals surface area contributed by atoms with Crippen LogP contribution in [-0.2, 0) is 20.1 Å². The second-order valence-corrected chi connectivity index (χ2v) is 2.34. The normalized spacial score (nSPS) is 13.7. The van der Waals surface area contributed by atoms with Crippen LogP contribution >= 0.6 is 0 Å². The van der Waals surface area contributed by atoms with E-state index in [2.05, 4.69) is 10.4 Å². The summed E-state index contributed by atoms with van der Waals surface area (Å²) in [6.45, 7) is 5.97. The fraction of sp³-hybridized carbons (Fsp3) is 0.625. The van der Waals surface area contributed by atoms with Crippen molar-refractivity contribution in [2.24, 2.45) is 7.05 Å². The van der Waals surface area contributed by atoms with Crippen molar-refractivity contribution >= 4 is 0 Å². The molecule has 2 rings (SSSR count). The zero-order valence-electron chi connectivity index (χ0n) is 7.39. The van der Waals surface area contributed by atoms with Gasteiger partial charge in [-0.15, -0.1) is 0 Å². The summed E-state index contributed by atoms with van der Waals surface area (Å²) in [7, 11) is 1.98. The number of rotatable bonds is 0. The summed E-state index contributed by atoms with van der Waals surface area (Å²) >= 11 is 0. The highest BCUT2D eigenvalue weighted by Crippen LogP contribution is 2.11. The Morgan fingerprint density at radius 1 is 1.45 bits per heavy atom. The summed E-state index contributed by atoms with van der Waals surface area (Å²) in [5.74, 6) is 0. The predicted molar refractivity (Wildman–Crippen MR) is 45.1 cm³/mol. The summed E-state index contributed by atoms with van der Waals surface area (Å²) in [6.07, 6.45) is 1.93. The molecule has 0 radical (unpaired) electrons. The average Bonchev–Trinajstić information content (AvgIpc) is 2.60. The van der Waals surface area contributed by atoms with Gasteiger partial charge in [-0.3, -0.25) is 4.68 Å². The van der Waals surface area contributed by atoms with Gasteiger partial charge in [-0.05, 0) is 0 Å². The van der Waals surface area contributed by atoms with Gasteiger partial charge in [0.1, 0.15) is 0 Å². The molecular formula is C8H15N3. The lowest BCUT2D eigenvalue weighted by molar-refractivity contribution is 0.669. The zero-order chi connectivity index (χ0) is 8.27. The monoisotopic (exact) mass is 153 g/mol. The fourth-order valence-corrected chi connectivity index (χ4v) is 1.20. The maximum atomic E-state index is 4.11. The van der Waals surface area contributed by atoms with Crippen LogP contribution in [0.4, 0.5) is 0 Å². The Labute approximate surface area is 67.4 Å². The lowest BCUT2D eigenvalue weighted by atomic mass is 10.3. The molecule has 0 bridgehead atoms. The van der Waals surface area contributed by atoms with Crippen LogP contribution in [0, 0.1) is 0 Å². The van der Waals surface area contributed by atoms with Crippen LogP contribution in [0.25, 0.3) is 0 Å². The summed E-state index contributed by atoms with van der Waals surface area (Å²) in [5, 5.41) is 7.36. The maximum absolute atomic E-state index is 4.11. The number of fused-ring (bicyclic) bond motifs is 1. The van der Waals surface area contributed by atoms with E-state index in [4.69, 9.17) is 0 Å². The van der Waals surface area contributed by atoms with Crippen molar-refractivity contribution in [3.63, 3.8) is 0 Å². The highest BCUT2D eigenvalue weighted by Gasteiger charge is 2.12. The van der Waals surface area contributed by atoms with Crippen molar-refractivity contribution in [3.8, 4) is 0 Å². The third-order valence-electron chi connectivity index (χ3n) is 1.76. The first-order valence-corrected chi connectivity index (χ1v) is 4.08. The van der Waals surface area contributed by atoms with E-state index in [0.29, 0.717) is 0 Å². The molecule has 2 heterocycles. The van der Waals surface area contributed by atoms with Gasteiger partial charge >= 0.3 is 0 Å². The molecule has 1 aliphatic heterocycles. The summed E-state index contributed by atoms with van der Waals surface area (Å²) < 4.78 is 1.93. The Bertz CT molecular complexity index is 227. The van der Waals surface area contributed by atoms with Crippen LogP contribution in [0.3, 0.4) is 0 Å². The van der Waals surface area contributed by atoms with Gasteiger partial charge in [0.15, 0.2) is 0 Å². The molecule has 11 heavy (non-hydrogen) atoms. The molecule has 62 valence electrons. The second kappa shape index (κ2) is 3.53. The smallest absolute Gasteiger partial charge is 0.0563 e. The van der Waals surface area contributed by atoms with Crippen LogP contribution in [-0.4, -0.2) is 9.78 Å². The minimum atomic E-state index is 0.978. The molecule has 0 fully saturated rings. The summed E-state index contributed by atoms with van der Waals surface area (Å²) in [4.78, 5) is 0. The van der Waals surface area contributed by atoms with Crippen LogP contribution in [0.2, 0.25) is 0 Å². The SMILES string of the molecule is CC.Cn1ncc2c1CNC2. The van der Waals surface area contributed by atoms with E-state index in [-0.39, 0.29) is 0 Å². The van der Waals surface area contributed by atoms with Gasteiger partial charge < -0.3 is 5.32 Å². The molecule has 0 aromatic carbocycles. The number of hydrogen-bond donors (Lipinski definition) is 1. The Morgan fingerprint density at radius 3 is 2.82 bits per heavy atom. The zero-order valence-corrected chi connectivity index (χ0v) is 7.39. The minimum absolute atomic E-state index is 0.978. The van der Waals surface area contributed by atoms with Gasteiger partial charge in [-0.1, -0.05) is 13.8 Å². The largest absolute Gasteiger partial charge is 0.307 e. The Hall–Kier alpha value is -0.830. The summed E-state index contributed by atoms with van der Waals surface area (Å²) in [5.41, 5.74) is 2.67. The molecule has 1 N–H and O–H groups in total. The highest BCUT2D eigenvalue weighted by atomic mass is 15.3. The summed E-state index contributed by atoms with van der Waals surface area (Å²) in [6, 6.07) is 0. The first-order chi connectivity index (χ1) is 5.38. The third kappa shape index (κ3) is 1.43. The van der Waals surface area contributed by atoms with Crippen molar-refractivity contribution in [3.05, 3.63) is 17.5 Å². The standard InChI is InChI=1S/C6H9N3.C2H6/c1-9-6-4-7-2-5(6)3-8-9;1-2/h3,7H,2,4H2,1H3;1-2H3. The second-order valence-electron chi connectivity index (χ2n) is 2.34. The average molecular weight is 153 g/mol.